The highest BCUT2D eigenvalue weighted by Crippen LogP contribution is 2.24. The van der Waals surface area contributed by atoms with Crippen LogP contribution < -0.4 is 15.4 Å². The molecule has 0 unspecified atom stereocenters. The number of rotatable bonds is 8. The Morgan fingerprint density at radius 2 is 2.00 bits per heavy atom. The molecule has 0 spiro atoms. The fourth-order valence-electron chi connectivity index (χ4n) is 3.24. The van der Waals surface area contributed by atoms with Crippen LogP contribution in [-0.2, 0) is 21.4 Å². The van der Waals surface area contributed by atoms with E-state index in [0.29, 0.717) is 23.4 Å². The Hall–Kier alpha value is -4.06. The number of carbonyl (C=O) groups excluding carboxylic acids is 1. The van der Waals surface area contributed by atoms with E-state index >= 15 is 0 Å². The molecule has 0 bridgehead atoms. The van der Waals surface area contributed by atoms with Gasteiger partial charge >= 0.3 is 0 Å². The Labute approximate surface area is 195 Å². The van der Waals surface area contributed by atoms with Gasteiger partial charge < -0.3 is 15.2 Å². The standard InChI is InChI=1S/C22H22FN7O3S/c1-3-34(32,33)29-20-16(5-4-9-24-20)13-30-10-8-15-12-25-22(28-21(15)30)27-19-11-17(26-14(2)31)6-7-18(19)23/h4-12H,3,13H2,1-2H3,(H,24,29)(H,26,31)(H,25,27,28). The molecule has 12 heteroatoms. The molecule has 4 aromatic rings. The van der Waals surface area contributed by atoms with E-state index < -0.39 is 15.8 Å². The largest absolute Gasteiger partial charge is 0.328 e. The van der Waals surface area contributed by atoms with Crippen molar-refractivity contribution in [2.75, 3.05) is 21.1 Å². The molecule has 0 radical (unpaired) electrons. The van der Waals surface area contributed by atoms with Gasteiger partial charge in [-0.1, -0.05) is 6.07 Å². The summed E-state index contributed by atoms with van der Waals surface area (Å²) >= 11 is 0. The molecule has 0 aliphatic rings. The lowest BCUT2D eigenvalue weighted by Crippen LogP contribution is -2.17. The summed E-state index contributed by atoms with van der Waals surface area (Å²) in [7, 11) is -3.49. The van der Waals surface area contributed by atoms with Crippen LogP contribution in [0.4, 0.5) is 27.5 Å². The summed E-state index contributed by atoms with van der Waals surface area (Å²) in [5.41, 5.74) is 1.75. The molecular formula is C22H22FN7O3S. The Kier molecular flexibility index (Phi) is 6.41. The molecule has 1 aromatic carbocycles. The number of aromatic nitrogens is 4. The SMILES string of the molecule is CCS(=O)(=O)Nc1ncccc1Cn1ccc2cnc(Nc3cc(NC(C)=O)ccc3F)nc21. The van der Waals surface area contributed by atoms with E-state index in [2.05, 4.69) is 30.3 Å². The van der Waals surface area contributed by atoms with Crippen molar-refractivity contribution in [2.24, 2.45) is 0 Å². The van der Waals surface area contributed by atoms with Gasteiger partial charge in [0.15, 0.2) is 0 Å². The lowest BCUT2D eigenvalue weighted by molar-refractivity contribution is -0.114. The van der Waals surface area contributed by atoms with Crippen molar-refractivity contribution in [3.05, 3.63) is 66.4 Å². The first-order valence-electron chi connectivity index (χ1n) is 10.3. The van der Waals surface area contributed by atoms with E-state index in [4.69, 9.17) is 0 Å². The van der Waals surface area contributed by atoms with E-state index in [1.807, 2.05) is 10.6 Å². The second kappa shape index (κ2) is 9.43. The van der Waals surface area contributed by atoms with Crippen molar-refractivity contribution in [2.45, 2.75) is 20.4 Å². The molecule has 0 saturated heterocycles. The Morgan fingerprint density at radius 3 is 2.76 bits per heavy atom. The zero-order valence-electron chi connectivity index (χ0n) is 18.4. The lowest BCUT2D eigenvalue weighted by Gasteiger charge is -2.12. The number of benzene rings is 1. The average molecular weight is 484 g/mol. The number of pyridine rings is 1. The number of hydrogen-bond donors (Lipinski definition) is 3. The first kappa shape index (κ1) is 23.1. The van der Waals surface area contributed by atoms with Gasteiger partial charge in [0.25, 0.3) is 0 Å². The third kappa shape index (κ3) is 5.29. The van der Waals surface area contributed by atoms with Crippen LogP contribution in [0.25, 0.3) is 11.0 Å². The molecular weight excluding hydrogens is 461 g/mol. The fraction of sp³-hybridized carbons (Fsp3) is 0.182. The van der Waals surface area contributed by atoms with Gasteiger partial charge in [0, 0.05) is 42.2 Å². The number of anilines is 4. The van der Waals surface area contributed by atoms with Crippen LogP contribution in [0.5, 0.6) is 0 Å². The van der Waals surface area contributed by atoms with E-state index in [1.165, 1.54) is 31.3 Å². The maximum absolute atomic E-state index is 14.3. The number of amides is 1. The molecule has 3 aromatic heterocycles. The quantitative estimate of drug-likeness (QED) is 0.350. The topological polar surface area (TPSA) is 131 Å². The predicted molar refractivity (Wildman–Crippen MR) is 128 cm³/mol. The third-order valence-corrected chi connectivity index (χ3v) is 6.16. The van der Waals surface area contributed by atoms with Gasteiger partial charge in [-0.05, 0) is 37.3 Å². The van der Waals surface area contributed by atoms with Gasteiger partial charge in [0.05, 0.1) is 18.0 Å². The maximum Gasteiger partial charge on any atom is 0.233 e. The minimum Gasteiger partial charge on any atom is -0.328 e. The molecule has 1 amide bonds. The Bertz CT molecular complexity index is 1470. The van der Waals surface area contributed by atoms with Crippen LogP contribution >= 0.6 is 0 Å². The molecule has 0 aliphatic heterocycles. The van der Waals surface area contributed by atoms with E-state index in [-0.39, 0.29) is 29.1 Å². The van der Waals surface area contributed by atoms with Gasteiger partial charge in [-0.2, -0.15) is 4.98 Å². The molecule has 3 heterocycles. The van der Waals surface area contributed by atoms with Crippen molar-refractivity contribution >= 4 is 50.1 Å². The van der Waals surface area contributed by atoms with E-state index in [1.54, 1.807) is 31.5 Å². The minimum absolute atomic E-state index is 0.0720. The van der Waals surface area contributed by atoms with Crippen molar-refractivity contribution in [1.82, 2.24) is 19.5 Å². The minimum atomic E-state index is -3.49. The van der Waals surface area contributed by atoms with Crippen LogP contribution in [0.15, 0.2) is 55.0 Å². The number of carbonyl (C=O) groups is 1. The van der Waals surface area contributed by atoms with Crippen LogP contribution in [0, 0.1) is 5.82 Å². The van der Waals surface area contributed by atoms with Gasteiger partial charge in [-0.25, -0.2) is 22.8 Å². The summed E-state index contributed by atoms with van der Waals surface area (Å²) in [5.74, 6) is -0.474. The molecule has 3 N–H and O–H groups in total. The Balaban J connectivity index is 1.63. The highest BCUT2D eigenvalue weighted by molar-refractivity contribution is 7.92. The summed E-state index contributed by atoms with van der Waals surface area (Å²) in [6.07, 6.45) is 4.91. The number of halogens is 1. The van der Waals surface area contributed by atoms with Crippen LogP contribution in [0.2, 0.25) is 0 Å². The average Bonchev–Trinajstić information content (AvgIpc) is 3.19. The summed E-state index contributed by atoms with van der Waals surface area (Å²) in [6, 6.07) is 9.45. The Morgan fingerprint density at radius 1 is 1.18 bits per heavy atom. The highest BCUT2D eigenvalue weighted by Gasteiger charge is 2.14. The second-order valence-corrected chi connectivity index (χ2v) is 9.44. The van der Waals surface area contributed by atoms with E-state index in [0.717, 1.165) is 5.39 Å². The van der Waals surface area contributed by atoms with Gasteiger partial charge in [0.1, 0.15) is 17.3 Å². The van der Waals surface area contributed by atoms with Crippen LogP contribution in [0.3, 0.4) is 0 Å². The first-order chi connectivity index (χ1) is 16.2. The van der Waals surface area contributed by atoms with Crippen molar-refractivity contribution in [1.29, 1.82) is 0 Å². The number of hydrogen-bond acceptors (Lipinski definition) is 7. The predicted octanol–water partition coefficient (Wildman–Crippen LogP) is 3.48. The number of fused-ring (bicyclic) bond motifs is 1. The van der Waals surface area contributed by atoms with Gasteiger partial charge in [-0.3, -0.25) is 9.52 Å². The normalized spacial score (nSPS) is 11.4. The zero-order chi connectivity index (χ0) is 24.3. The van der Waals surface area contributed by atoms with Crippen molar-refractivity contribution < 1.29 is 17.6 Å². The molecule has 176 valence electrons. The first-order valence-corrected chi connectivity index (χ1v) is 12.0. The van der Waals surface area contributed by atoms with Crippen molar-refractivity contribution in [3.8, 4) is 0 Å². The molecule has 0 aliphatic carbocycles. The molecule has 4 rings (SSSR count). The highest BCUT2D eigenvalue weighted by atomic mass is 32.2. The summed E-state index contributed by atoms with van der Waals surface area (Å²) in [5, 5.41) is 6.19. The monoisotopic (exact) mass is 483 g/mol. The molecule has 0 saturated carbocycles. The third-order valence-electron chi connectivity index (χ3n) is 4.90. The van der Waals surface area contributed by atoms with Crippen molar-refractivity contribution in [3.63, 3.8) is 0 Å². The zero-order valence-corrected chi connectivity index (χ0v) is 19.2. The van der Waals surface area contributed by atoms with Crippen LogP contribution in [-0.4, -0.2) is 39.6 Å². The van der Waals surface area contributed by atoms with E-state index in [9.17, 15) is 17.6 Å². The summed E-state index contributed by atoms with van der Waals surface area (Å²) in [4.78, 5) is 24.2. The number of nitrogens with zero attached hydrogens (tertiary/aromatic N) is 4. The maximum atomic E-state index is 14.3. The second-order valence-electron chi connectivity index (χ2n) is 7.43. The molecule has 34 heavy (non-hydrogen) atoms. The number of nitrogens with one attached hydrogen (secondary N) is 3. The number of sulfonamides is 1. The van der Waals surface area contributed by atoms with Crippen LogP contribution in [0.1, 0.15) is 19.4 Å². The lowest BCUT2D eigenvalue weighted by atomic mass is 10.2. The van der Waals surface area contributed by atoms with Gasteiger partial charge in [0.2, 0.25) is 21.9 Å². The molecule has 0 atom stereocenters. The molecule has 10 nitrogen and oxygen atoms in total. The van der Waals surface area contributed by atoms with Gasteiger partial charge in [-0.15, -0.1) is 0 Å². The summed E-state index contributed by atoms with van der Waals surface area (Å²) < 4.78 is 42.7. The fourth-order valence-corrected chi connectivity index (χ4v) is 3.86. The smallest absolute Gasteiger partial charge is 0.233 e. The summed E-state index contributed by atoms with van der Waals surface area (Å²) in [6.45, 7) is 3.20. The molecule has 0 fully saturated rings.